The largest absolute Gasteiger partial charge is 0.457 e. The predicted molar refractivity (Wildman–Crippen MR) is 108 cm³/mol. The van der Waals surface area contributed by atoms with Crippen LogP contribution in [-0.4, -0.2) is 32.8 Å². The summed E-state index contributed by atoms with van der Waals surface area (Å²) in [4.78, 5) is 8.74. The molecule has 1 unspecified atom stereocenters. The number of benzene rings is 2. The Morgan fingerprint density at radius 2 is 1.82 bits per heavy atom. The second-order valence-corrected chi connectivity index (χ2v) is 6.99. The van der Waals surface area contributed by atoms with Crippen molar-refractivity contribution in [2.75, 3.05) is 13.1 Å². The Bertz CT molecular complexity index is 1070. The van der Waals surface area contributed by atoms with Gasteiger partial charge in [0.05, 0.1) is 11.4 Å². The van der Waals surface area contributed by atoms with Gasteiger partial charge in [-0.2, -0.15) is 5.10 Å². The molecule has 1 aliphatic heterocycles. The van der Waals surface area contributed by atoms with E-state index < -0.39 is 0 Å². The van der Waals surface area contributed by atoms with Crippen molar-refractivity contribution in [3.63, 3.8) is 0 Å². The zero-order valence-electron chi connectivity index (χ0n) is 15.5. The van der Waals surface area contributed by atoms with Gasteiger partial charge in [-0.05, 0) is 55.8 Å². The maximum absolute atomic E-state index is 5.90. The van der Waals surface area contributed by atoms with Crippen LogP contribution in [-0.2, 0) is 0 Å². The molecule has 5 rings (SSSR count). The number of nitrogens with one attached hydrogen (secondary N) is 1. The Morgan fingerprint density at radius 1 is 1.00 bits per heavy atom. The molecule has 0 saturated carbocycles. The first-order chi connectivity index (χ1) is 13.9. The zero-order valence-corrected chi connectivity index (χ0v) is 15.5. The van der Waals surface area contributed by atoms with Gasteiger partial charge in [-0.1, -0.05) is 18.2 Å². The van der Waals surface area contributed by atoms with Crippen molar-refractivity contribution in [2.45, 2.75) is 18.9 Å². The highest BCUT2D eigenvalue weighted by atomic mass is 16.5. The van der Waals surface area contributed by atoms with Crippen LogP contribution >= 0.6 is 0 Å². The summed E-state index contributed by atoms with van der Waals surface area (Å²) in [5.74, 6) is 1.62. The van der Waals surface area contributed by atoms with Gasteiger partial charge in [0.25, 0.3) is 0 Å². The SMILES string of the molecule is c1ccc(Oc2ccc(-c3nn(C4CCCNC4)c4ncncc34)cc2)cc1. The highest BCUT2D eigenvalue weighted by Gasteiger charge is 2.21. The van der Waals surface area contributed by atoms with Gasteiger partial charge in [-0.15, -0.1) is 0 Å². The summed E-state index contributed by atoms with van der Waals surface area (Å²) >= 11 is 0. The molecule has 0 bridgehead atoms. The predicted octanol–water partition coefficient (Wildman–Crippen LogP) is 4.21. The third-order valence-electron chi connectivity index (χ3n) is 5.09. The summed E-state index contributed by atoms with van der Waals surface area (Å²) in [6, 6.07) is 18.1. The second-order valence-electron chi connectivity index (χ2n) is 6.99. The van der Waals surface area contributed by atoms with E-state index in [-0.39, 0.29) is 0 Å². The second kappa shape index (κ2) is 7.40. The standard InChI is InChI=1S/C22H21N5O/c1-2-6-18(7-3-1)28-19-10-8-16(9-11-19)21-20-14-24-15-25-22(20)27(26-21)17-5-4-12-23-13-17/h1-3,6-11,14-15,17,23H,4-5,12-13H2. The summed E-state index contributed by atoms with van der Waals surface area (Å²) in [6.07, 6.45) is 5.71. The molecule has 28 heavy (non-hydrogen) atoms. The maximum Gasteiger partial charge on any atom is 0.162 e. The van der Waals surface area contributed by atoms with Crippen LogP contribution in [0.2, 0.25) is 0 Å². The highest BCUT2D eigenvalue weighted by Crippen LogP contribution is 2.31. The fourth-order valence-corrected chi connectivity index (χ4v) is 3.70. The van der Waals surface area contributed by atoms with Crippen molar-refractivity contribution >= 4 is 11.0 Å². The van der Waals surface area contributed by atoms with E-state index in [1.165, 1.54) is 0 Å². The van der Waals surface area contributed by atoms with E-state index in [4.69, 9.17) is 9.84 Å². The maximum atomic E-state index is 5.90. The number of nitrogens with zero attached hydrogens (tertiary/aromatic N) is 4. The molecule has 1 atom stereocenters. The summed E-state index contributed by atoms with van der Waals surface area (Å²) in [7, 11) is 0. The number of aromatic nitrogens is 4. The zero-order chi connectivity index (χ0) is 18.8. The van der Waals surface area contributed by atoms with E-state index in [2.05, 4.69) is 20.0 Å². The molecule has 1 saturated heterocycles. The molecule has 4 aromatic rings. The molecular formula is C22H21N5O. The van der Waals surface area contributed by atoms with Crippen LogP contribution in [0, 0.1) is 0 Å². The Balaban J connectivity index is 1.49. The van der Waals surface area contributed by atoms with Crippen molar-refractivity contribution in [3.8, 4) is 22.8 Å². The topological polar surface area (TPSA) is 64.9 Å². The van der Waals surface area contributed by atoms with Crippen LogP contribution in [0.25, 0.3) is 22.3 Å². The first kappa shape index (κ1) is 16.9. The first-order valence-electron chi connectivity index (χ1n) is 9.61. The van der Waals surface area contributed by atoms with Crippen LogP contribution in [0.15, 0.2) is 67.1 Å². The van der Waals surface area contributed by atoms with Crippen LogP contribution in [0.3, 0.4) is 0 Å². The summed E-state index contributed by atoms with van der Waals surface area (Å²) in [5, 5.41) is 9.36. The summed E-state index contributed by atoms with van der Waals surface area (Å²) in [5.41, 5.74) is 2.83. The molecule has 0 spiro atoms. The van der Waals surface area contributed by atoms with Crippen molar-refractivity contribution in [1.29, 1.82) is 0 Å². The van der Waals surface area contributed by atoms with Crippen molar-refractivity contribution in [2.24, 2.45) is 0 Å². The lowest BCUT2D eigenvalue weighted by atomic mass is 10.1. The molecule has 2 aromatic heterocycles. The Kier molecular flexibility index (Phi) is 4.47. The van der Waals surface area contributed by atoms with Gasteiger partial charge < -0.3 is 10.1 Å². The fraction of sp³-hybridized carbons (Fsp3) is 0.227. The molecule has 0 radical (unpaired) electrons. The molecule has 1 fully saturated rings. The number of piperidine rings is 1. The summed E-state index contributed by atoms with van der Waals surface area (Å²) < 4.78 is 7.96. The Labute approximate surface area is 163 Å². The lowest BCUT2D eigenvalue weighted by Gasteiger charge is -2.23. The number of fused-ring (bicyclic) bond motifs is 1. The lowest BCUT2D eigenvalue weighted by Crippen LogP contribution is -2.32. The Morgan fingerprint density at radius 3 is 2.61 bits per heavy atom. The minimum absolute atomic E-state index is 0.320. The van der Waals surface area contributed by atoms with Gasteiger partial charge in [0, 0.05) is 18.3 Å². The van der Waals surface area contributed by atoms with Crippen LogP contribution in [0.4, 0.5) is 0 Å². The molecule has 3 heterocycles. The first-order valence-corrected chi connectivity index (χ1v) is 9.61. The van der Waals surface area contributed by atoms with Gasteiger partial charge >= 0.3 is 0 Å². The molecular weight excluding hydrogens is 350 g/mol. The molecule has 0 aliphatic carbocycles. The number of hydrogen-bond acceptors (Lipinski definition) is 5. The fourth-order valence-electron chi connectivity index (χ4n) is 3.70. The van der Waals surface area contributed by atoms with Crippen molar-refractivity contribution < 1.29 is 4.74 Å². The normalized spacial score (nSPS) is 16.9. The van der Waals surface area contributed by atoms with Crippen LogP contribution in [0.5, 0.6) is 11.5 Å². The summed E-state index contributed by atoms with van der Waals surface area (Å²) in [6.45, 7) is 1.99. The molecule has 6 heteroatoms. The molecule has 1 aliphatic rings. The van der Waals surface area contributed by atoms with E-state index in [1.54, 1.807) is 6.33 Å². The molecule has 140 valence electrons. The van der Waals surface area contributed by atoms with E-state index in [9.17, 15) is 0 Å². The van der Waals surface area contributed by atoms with Gasteiger partial charge in [-0.3, -0.25) is 0 Å². The lowest BCUT2D eigenvalue weighted by molar-refractivity contribution is 0.354. The highest BCUT2D eigenvalue weighted by molar-refractivity contribution is 5.90. The van der Waals surface area contributed by atoms with E-state index in [0.29, 0.717) is 6.04 Å². The van der Waals surface area contributed by atoms with Gasteiger partial charge in [0.2, 0.25) is 0 Å². The third-order valence-corrected chi connectivity index (χ3v) is 5.09. The van der Waals surface area contributed by atoms with Gasteiger partial charge in [-0.25, -0.2) is 14.6 Å². The molecule has 0 amide bonds. The molecule has 2 aromatic carbocycles. The van der Waals surface area contributed by atoms with E-state index in [1.807, 2.05) is 60.8 Å². The smallest absolute Gasteiger partial charge is 0.162 e. The quantitative estimate of drug-likeness (QED) is 0.582. The van der Waals surface area contributed by atoms with Gasteiger partial charge in [0.15, 0.2) is 5.65 Å². The van der Waals surface area contributed by atoms with Crippen LogP contribution < -0.4 is 10.1 Å². The number of rotatable bonds is 4. The van der Waals surface area contributed by atoms with E-state index in [0.717, 1.165) is 59.7 Å². The number of hydrogen-bond donors (Lipinski definition) is 1. The van der Waals surface area contributed by atoms with Crippen molar-refractivity contribution in [1.82, 2.24) is 25.1 Å². The average Bonchev–Trinajstić information content (AvgIpc) is 3.15. The van der Waals surface area contributed by atoms with E-state index >= 15 is 0 Å². The minimum atomic E-state index is 0.320. The Hall–Kier alpha value is -3.25. The van der Waals surface area contributed by atoms with Crippen molar-refractivity contribution in [3.05, 3.63) is 67.1 Å². The average molecular weight is 371 g/mol. The molecule has 1 N–H and O–H groups in total. The van der Waals surface area contributed by atoms with Gasteiger partial charge in [0.1, 0.15) is 23.5 Å². The molecule has 6 nitrogen and oxygen atoms in total. The minimum Gasteiger partial charge on any atom is -0.457 e. The monoisotopic (exact) mass is 371 g/mol. The van der Waals surface area contributed by atoms with Crippen LogP contribution in [0.1, 0.15) is 18.9 Å². The number of ether oxygens (including phenoxy) is 1. The third kappa shape index (κ3) is 3.23. The number of para-hydroxylation sites is 1.